The van der Waals surface area contributed by atoms with Crippen LogP contribution in [0.5, 0.6) is 0 Å². The van der Waals surface area contributed by atoms with Crippen LogP contribution in [0.1, 0.15) is 47.3 Å². The smallest absolute Gasteiger partial charge is 0.351 e. The SMILES string of the molecule is O=C(N[C@H]1CN(C(=O)CCc2ccccc2)CC[C@H]2CC[C@@H](C(=O)Nc3ccc(-c4ccccc4)cc3)N2C1=O)c1cc2cc(C(F)(F)P(=O)(O)O)ccc2[nH]1. The summed E-state index contributed by atoms with van der Waals surface area (Å²) in [4.78, 5) is 80.0. The summed E-state index contributed by atoms with van der Waals surface area (Å²) in [5.74, 6) is -1.91. The van der Waals surface area contributed by atoms with Gasteiger partial charge in [-0.3, -0.25) is 23.7 Å². The van der Waals surface area contributed by atoms with E-state index in [0.29, 0.717) is 31.4 Å². The van der Waals surface area contributed by atoms with Crippen LogP contribution < -0.4 is 10.6 Å². The molecule has 4 amide bonds. The number of aromatic nitrogens is 1. The fraction of sp³-hybridized carbons (Fsp3) is 0.268. The van der Waals surface area contributed by atoms with Gasteiger partial charge in [-0.25, -0.2) is 0 Å². The molecular weight excluding hydrogens is 743 g/mol. The number of nitrogens with zero attached hydrogens (tertiary/aromatic N) is 2. The van der Waals surface area contributed by atoms with Gasteiger partial charge in [0, 0.05) is 47.7 Å². The number of nitrogens with one attached hydrogen (secondary N) is 3. The lowest BCUT2D eigenvalue weighted by Gasteiger charge is -2.38. The van der Waals surface area contributed by atoms with Gasteiger partial charge < -0.3 is 35.2 Å². The third-order valence-corrected chi connectivity index (χ3v) is 11.4. The number of alkyl halides is 2. The molecule has 0 bridgehead atoms. The Hall–Kier alpha value is -5.69. The van der Waals surface area contributed by atoms with E-state index in [1.165, 1.54) is 17.0 Å². The molecule has 3 atom stereocenters. The number of carbonyl (C=O) groups is 4. The van der Waals surface area contributed by atoms with Crippen LogP contribution in [0.15, 0.2) is 109 Å². The number of fused-ring (bicyclic) bond motifs is 2. The Labute approximate surface area is 321 Å². The Balaban J connectivity index is 1.12. The summed E-state index contributed by atoms with van der Waals surface area (Å²) in [6.07, 6.45) is 1.96. The summed E-state index contributed by atoms with van der Waals surface area (Å²) in [5.41, 5.74) is -1.74. The fourth-order valence-corrected chi connectivity index (χ4v) is 7.94. The van der Waals surface area contributed by atoms with E-state index in [1.54, 1.807) is 17.0 Å². The summed E-state index contributed by atoms with van der Waals surface area (Å²) in [6.45, 7) is 0.113. The second-order valence-corrected chi connectivity index (χ2v) is 15.8. The number of H-pyrrole nitrogens is 1. The third-order valence-electron chi connectivity index (χ3n) is 10.5. The largest absolute Gasteiger partial charge is 0.399 e. The van der Waals surface area contributed by atoms with Crippen molar-refractivity contribution in [1.82, 2.24) is 20.1 Å². The van der Waals surface area contributed by atoms with Crippen molar-refractivity contribution in [3.05, 3.63) is 126 Å². The van der Waals surface area contributed by atoms with E-state index in [-0.39, 0.29) is 54.0 Å². The summed E-state index contributed by atoms with van der Waals surface area (Å²) < 4.78 is 40.4. The Morgan fingerprint density at radius 2 is 1.54 bits per heavy atom. The van der Waals surface area contributed by atoms with Gasteiger partial charge in [-0.05, 0) is 72.7 Å². The Bertz CT molecular complexity index is 2300. The highest BCUT2D eigenvalue weighted by Gasteiger charge is 2.50. The zero-order valence-electron chi connectivity index (χ0n) is 30.1. The first kappa shape index (κ1) is 38.6. The van der Waals surface area contributed by atoms with Gasteiger partial charge >= 0.3 is 13.3 Å². The Kier molecular flexibility index (Phi) is 10.9. The third kappa shape index (κ3) is 8.13. The highest BCUT2D eigenvalue weighted by Crippen LogP contribution is 2.59. The first-order valence-electron chi connectivity index (χ1n) is 18.3. The van der Waals surface area contributed by atoms with E-state index in [0.717, 1.165) is 28.8 Å². The maximum absolute atomic E-state index is 14.5. The molecule has 15 heteroatoms. The number of aromatic amines is 1. The van der Waals surface area contributed by atoms with E-state index < -0.39 is 42.7 Å². The van der Waals surface area contributed by atoms with Crippen molar-refractivity contribution in [1.29, 1.82) is 0 Å². The number of carbonyl (C=O) groups excluding carboxylic acids is 4. The van der Waals surface area contributed by atoms with Gasteiger partial charge in [0.25, 0.3) is 5.91 Å². The molecule has 2 saturated heterocycles. The molecular formula is C41H40F2N5O7P. The van der Waals surface area contributed by atoms with Crippen molar-refractivity contribution in [3.8, 4) is 11.1 Å². The molecule has 1 aromatic heterocycles. The molecule has 0 radical (unpaired) electrons. The average Bonchev–Trinajstić information content (AvgIpc) is 3.82. The zero-order chi connectivity index (χ0) is 39.6. The number of aryl methyl sites for hydroxylation is 1. The van der Waals surface area contributed by atoms with Gasteiger partial charge in [0.05, 0.1) is 0 Å². The molecule has 12 nitrogen and oxygen atoms in total. The average molecular weight is 784 g/mol. The van der Waals surface area contributed by atoms with Crippen LogP contribution in [-0.4, -0.2) is 79.4 Å². The number of amides is 4. The van der Waals surface area contributed by atoms with Crippen LogP contribution in [0, 0.1) is 0 Å². The number of anilines is 1. The minimum absolute atomic E-state index is 0.0793. The van der Waals surface area contributed by atoms with Crippen LogP contribution in [-0.2, 0) is 31.0 Å². The Morgan fingerprint density at radius 3 is 2.23 bits per heavy atom. The molecule has 4 aromatic carbocycles. The van der Waals surface area contributed by atoms with E-state index in [2.05, 4.69) is 15.6 Å². The summed E-state index contributed by atoms with van der Waals surface area (Å²) in [5, 5.41) is 5.74. The first-order valence-corrected chi connectivity index (χ1v) is 19.9. The van der Waals surface area contributed by atoms with Crippen molar-refractivity contribution in [2.45, 2.75) is 55.9 Å². The van der Waals surface area contributed by atoms with Crippen molar-refractivity contribution in [2.24, 2.45) is 0 Å². The van der Waals surface area contributed by atoms with Crippen LogP contribution in [0.2, 0.25) is 0 Å². The lowest BCUT2D eigenvalue weighted by molar-refractivity contribution is -0.144. The topological polar surface area (TPSA) is 172 Å². The van der Waals surface area contributed by atoms with E-state index in [9.17, 15) is 42.3 Å². The van der Waals surface area contributed by atoms with Crippen LogP contribution in [0.3, 0.4) is 0 Å². The monoisotopic (exact) mass is 783 g/mol. The molecule has 0 saturated carbocycles. The molecule has 2 fully saturated rings. The van der Waals surface area contributed by atoms with Gasteiger partial charge in [0.2, 0.25) is 17.7 Å². The highest BCUT2D eigenvalue weighted by atomic mass is 31.2. The normalized spacial score (nSPS) is 18.9. The molecule has 0 spiro atoms. The number of halogens is 2. The summed E-state index contributed by atoms with van der Waals surface area (Å²) in [7, 11) is -5.84. The maximum atomic E-state index is 14.5. The van der Waals surface area contributed by atoms with Gasteiger partial charge in [-0.15, -0.1) is 0 Å². The molecule has 7 rings (SSSR count). The zero-order valence-corrected chi connectivity index (χ0v) is 31.0. The fourth-order valence-electron chi connectivity index (χ4n) is 7.47. The lowest BCUT2D eigenvalue weighted by atomic mass is 10.0. The van der Waals surface area contributed by atoms with Crippen molar-refractivity contribution in [2.75, 3.05) is 18.4 Å². The maximum Gasteiger partial charge on any atom is 0.399 e. The standard InChI is InChI=1S/C41H40F2N5O7P/c42-41(43,56(53,54)55)30-14-18-33-29(23-30)24-34(45-33)38(50)46-35-25-47(37(49)20-11-26-7-3-1-4-8-26)22-21-32-17-19-36(48(32)40(35)52)39(51)44-31-15-12-28(13-16-31)27-9-5-2-6-10-27/h1-10,12-16,18,23-24,32,35-36,45H,11,17,19-22,25H2,(H,44,51)(H,46,50)(H2,53,54,55)/t32-,35+,36+/m1/s1. The van der Waals surface area contributed by atoms with Gasteiger partial charge in [0.15, 0.2) is 0 Å². The van der Waals surface area contributed by atoms with Crippen LogP contribution >= 0.6 is 7.60 Å². The molecule has 2 aliphatic rings. The lowest BCUT2D eigenvalue weighted by Crippen LogP contribution is -2.60. The van der Waals surface area contributed by atoms with Crippen LogP contribution in [0.4, 0.5) is 14.5 Å². The molecule has 2 aliphatic heterocycles. The molecule has 56 heavy (non-hydrogen) atoms. The predicted molar refractivity (Wildman–Crippen MR) is 206 cm³/mol. The minimum atomic E-state index is -5.84. The van der Waals surface area contributed by atoms with Crippen molar-refractivity contribution in [3.63, 3.8) is 0 Å². The first-order chi connectivity index (χ1) is 26.8. The second kappa shape index (κ2) is 15.8. The molecule has 0 aliphatic carbocycles. The van der Waals surface area contributed by atoms with Gasteiger partial charge in [-0.2, -0.15) is 8.78 Å². The highest BCUT2D eigenvalue weighted by molar-refractivity contribution is 7.52. The Morgan fingerprint density at radius 1 is 0.857 bits per heavy atom. The molecule has 5 N–H and O–H groups in total. The van der Waals surface area contributed by atoms with Crippen LogP contribution in [0.25, 0.3) is 22.0 Å². The predicted octanol–water partition coefficient (Wildman–Crippen LogP) is 6.02. The molecule has 290 valence electrons. The number of hydrogen-bond acceptors (Lipinski definition) is 5. The van der Waals surface area contributed by atoms with Gasteiger partial charge in [0.1, 0.15) is 17.8 Å². The van der Waals surface area contributed by atoms with Gasteiger partial charge in [-0.1, -0.05) is 78.9 Å². The summed E-state index contributed by atoms with van der Waals surface area (Å²) >= 11 is 0. The molecule has 5 aromatic rings. The van der Waals surface area contributed by atoms with E-state index in [4.69, 9.17) is 0 Å². The molecule has 3 heterocycles. The van der Waals surface area contributed by atoms with E-state index in [1.807, 2.05) is 72.8 Å². The minimum Gasteiger partial charge on any atom is -0.351 e. The molecule has 0 unspecified atom stereocenters. The van der Waals surface area contributed by atoms with Crippen molar-refractivity contribution >= 4 is 47.8 Å². The number of benzene rings is 4. The van der Waals surface area contributed by atoms with E-state index >= 15 is 0 Å². The number of rotatable bonds is 10. The second-order valence-electron chi connectivity index (χ2n) is 14.1. The number of hydrogen-bond donors (Lipinski definition) is 5. The summed E-state index contributed by atoms with van der Waals surface area (Å²) in [6, 6.07) is 28.3. The quantitative estimate of drug-likeness (QED) is 0.108. The van der Waals surface area contributed by atoms with Crippen molar-refractivity contribution < 1.29 is 42.3 Å².